The smallest absolute Gasteiger partial charge is 0.279 e. The van der Waals surface area contributed by atoms with Gasteiger partial charge >= 0.3 is 0 Å². The summed E-state index contributed by atoms with van der Waals surface area (Å²) in [4.78, 5) is 27.1. The Bertz CT molecular complexity index is 657. The average molecular weight is 409 g/mol. The number of likely N-dealkylation sites (N-methyl/N-ethyl adjacent to an activating group) is 1. The van der Waals surface area contributed by atoms with Crippen molar-refractivity contribution in [2.45, 2.75) is 26.3 Å². The molecule has 8 nitrogen and oxygen atoms in total. The highest BCUT2D eigenvalue weighted by molar-refractivity contribution is 5.91. The molecule has 0 spiro atoms. The second-order valence-electron chi connectivity index (χ2n) is 8.11. The van der Waals surface area contributed by atoms with Gasteiger partial charge in [0, 0.05) is 5.69 Å². The summed E-state index contributed by atoms with van der Waals surface area (Å²) in [5.41, 5.74) is 0.670. The first-order valence-corrected chi connectivity index (χ1v) is 10.3. The molecule has 1 aromatic rings. The van der Waals surface area contributed by atoms with Crippen LogP contribution in [0, 0.1) is 0 Å². The first-order valence-electron chi connectivity index (χ1n) is 10.3. The summed E-state index contributed by atoms with van der Waals surface area (Å²) in [6.45, 7) is 11.6. The maximum Gasteiger partial charge on any atom is 0.279 e. The third-order valence-electron chi connectivity index (χ3n) is 5.48. The van der Waals surface area contributed by atoms with Crippen LogP contribution in [0.2, 0.25) is 0 Å². The van der Waals surface area contributed by atoms with Crippen molar-refractivity contribution in [3.05, 3.63) is 24.3 Å². The molecule has 162 valence electrons. The summed E-state index contributed by atoms with van der Waals surface area (Å²) in [6.07, 6.45) is 0. The van der Waals surface area contributed by atoms with E-state index in [0.29, 0.717) is 18.8 Å². The van der Waals surface area contributed by atoms with Crippen LogP contribution in [0.3, 0.4) is 0 Å². The molecule has 2 rings (SSSR count). The lowest BCUT2D eigenvalue weighted by Gasteiger charge is -2.37. The summed E-state index contributed by atoms with van der Waals surface area (Å²) < 4.78 is 10.5. The number of hydrogen-bond acceptors (Lipinski definition) is 4. The molecule has 29 heavy (non-hydrogen) atoms. The van der Waals surface area contributed by atoms with E-state index in [1.807, 2.05) is 6.92 Å². The highest BCUT2D eigenvalue weighted by Crippen LogP contribution is 2.14. The number of quaternary nitrogens is 2. The van der Waals surface area contributed by atoms with Crippen LogP contribution in [-0.2, 0) is 14.3 Å². The molecular weight excluding hydrogens is 372 g/mol. The highest BCUT2D eigenvalue weighted by Gasteiger charge is 2.32. The predicted molar refractivity (Wildman–Crippen MR) is 111 cm³/mol. The maximum absolute atomic E-state index is 12.4. The minimum atomic E-state index is -0.113. The van der Waals surface area contributed by atoms with Crippen molar-refractivity contribution in [3.63, 3.8) is 0 Å². The molecule has 1 aromatic carbocycles. The molecule has 0 saturated carbocycles. The average Bonchev–Trinajstić information content (AvgIpc) is 2.73. The Morgan fingerprint density at radius 3 is 2.34 bits per heavy atom. The molecule has 1 heterocycles. The first-order chi connectivity index (χ1) is 13.8. The summed E-state index contributed by atoms with van der Waals surface area (Å²) in [5.74, 6) is 0.597. The lowest BCUT2D eigenvalue weighted by Crippen LogP contribution is -3.22. The fourth-order valence-electron chi connectivity index (χ4n) is 3.45. The third kappa shape index (κ3) is 7.64. The van der Waals surface area contributed by atoms with Gasteiger partial charge in [0.1, 0.15) is 24.4 Å². The Morgan fingerprint density at radius 2 is 1.76 bits per heavy atom. The number of hydrogen-bond donors (Lipinski definition) is 4. The molecule has 0 bridgehead atoms. The molecule has 4 N–H and O–H groups in total. The van der Waals surface area contributed by atoms with Gasteiger partial charge in [-0.1, -0.05) is 0 Å². The minimum Gasteiger partial charge on any atom is -0.497 e. The number of methoxy groups -OCH3 is 1. The fourth-order valence-corrected chi connectivity index (χ4v) is 3.45. The molecule has 1 fully saturated rings. The summed E-state index contributed by atoms with van der Waals surface area (Å²) in [7, 11) is 1.60. The van der Waals surface area contributed by atoms with E-state index >= 15 is 0 Å². The summed E-state index contributed by atoms with van der Waals surface area (Å²) >= 11 is 0. The van der Waals surface area contributed by atoms with Crippen LogP contribution >= 0.6 is 0 Å². The zero-order valence-corrected chi connectivity index (χ0v) is 18.1. The number of carbonyl (C=O) groups is 2. The van der Waals surface area contributed by atoms with E-state index in [2.05, 4.69) is 24.5 Å². The van der Waals surface area contributed by atoms with Crippen LogP contribution in [0.25, 0.3) is 0 Å². The van der Waals surface area contributed by atoms with Crippen molar-refractivity contribution < 1.29 is 28.9 Å². The Hall–Kier alpha value is -2.16. The molecule has 1 saturated heterocycles. The van der Waals surface area contributed by atoms with Crippen molar-refractivity contribution in [3.8, 4) is 5.75 Å². The molecule has 0 aromatic heterocycles. The number of ether oxygens (including phenoxy) is 2. The number of morpholine rings is 1. The van der Waals surface area contributed by atoms with Crippen LogP contribution in [-0.4, -0.2) is 76.9 Å². The molecule has 0 aliphatic carbocycles. The van der Waals surface area contributed by atoms with Gasteiger partial charge in [-0.15, -0.1) is 0 Å². The topological polar surface area (TPSA) is 85.5 Å². The van der Waals surface area contributed by atoms with Gasteiger partial charge in [0.15, 0.2) is 13.1 Å². The molecule has 1 aliphatic rings. The van der Waals surface area contributed by atoms with E-state index < -0.39 is 0 Å². The number of amides is 2. The lowest BCUT2D eigenvalue weighted by molar-refractivity contribution is -0.954. The van der Waals surface area contributed by atoms with Crippen molar-refractivity contribution in [2.24, 2.45) is 0 Å². The fraction of sp³-hybridized carbons (Fsp3) is 0.619. The Morgan fingerprint density at radius 1 is 1.14 bits per heavy atom. The van der Waals surface area contributed by atoms with Gasteiger partial charge in [-0.05, 0) is 45.0 Å². The van der Waals surface area contributed by atoms with Crippen molar-refractivity contribution in [1.29, 1.82) is 0 Å². The molecule has 1 aliphatic heterocycles. The van der Waals surface area contributed by atoms with Gasteiger partial charge in [0.2, 0.25) is 0 Å². The normalized spacial score (nSPS) is 16.1. The van der Waals surface area contributed by atoms with Crippen molar-refractivity contribution in [2.75, 3.05) is 64.9 Å². The van der Waals surface area contributed by atoms with Crippen LogP contribution in [0.1, 0.15) is 20.8 Å². The largest absolute Gasteiger partial charge is 0.497 e. The number of anilines is 1. The van der Waals surface area contributed by atoms with Gasteiger partial charge < -0.3 is 29.9 Å². The number of nitrogens with one attached hydrogen (secondary N) is 4. The van der Waals surface area contributed by atoms with Crippen LogP contribution in [0.15, 0.2) is 24.3 Å². The lowest BCUT2D eigenvalue weighted by atomic mass is 10.0. The monoisotopic (exact) mass is 408 g/mol. The summed E-state index contributed by atoms with van der Waals surface area (Å²) in [5, 5.41) is 5.92. The van der Waals surface area contributed by atoms with Gasteiger partial charge in [-0.25, -0.2) is 0 Å². The predicted octanol–water partition coefficient (Wildman–Crippen LogP) is -1.65. The molecule has 8 heteroatoms. The van der Waals surface area contributed by atoms with Gasteiger partial charge in [-0.3, -0.25) is 9.59 Å². The standard InChI is InChI=1S/C21H34N4O4/c1-5-24(15-20(27)23-17-6-8-18(28-4)9-7-17)14-19(26)22-16-21(2,3)25-10-12-29-13-11-25/h6-9H,5,10-16H2,1-4H3,(H,22,26)(H,23,27)/p+2. The highest BCUT2D eigenvalue weighted by atomic mass is 16.5. The summed E-state index contributed by atoms with van der Waals surface area (Å²) in [6, 6.07) is 7.19. The number of benzene rings is 1. The van der Waals surface area contributed by atoms with Gasteiger partial charge in [0.25, 0.3) is 11.8 Å². The maximum atomic E-state index is 12.4. The minimum absolute atomic E-state index is 0.0279. The van der Waals surface area contributed by atoms with Crippen LogP contribution < -0.4 is 25.2 Å². The van der Waals surface area contributed by atoms with E-state index in [-0.39, 0.29) is 30.4 Å². The zero-order valence-electron chi connectivity index (χ0n) is 18.1. The molecule has 0 radical (unpaired) electrons. The molecular formula is C21H36N4O4+2. The number of carbonyl (C=O) groups excluding carboxylic acids is 2. The molecule has 1 unspecified atom stereocenters. The van der Waals surface area contributed by atoms with E-state index in [1.54, 1.807) is 31.4 Å². The Balaban J connectivity index is 1.77. The van der Waals surface area contributed by atoms with Crippen LogP contribution in [0.5, 0.6) is 5.75 Å². The van der Waals surface area contributed by atoms with Crippen molar-refractivity contribution >= 4 is 17.5 Å². The van der Waals surface area contributed by atoms with E-state index in [0.717, 1.165) is 37.0 Å². The van der Waals surface area contributed by atoms with Gasteiger partial charge in [-0.2, -0.15) is 0 Å². The molecule has 1 atom stereocenters. The van der Waals surface area contributed by atoms with Gasteiger partial charge in [0.05, 0.1) is 33.4 Å². The van der Waals surface area contributed by atoms with Crippen LogP contribution in [0.4, 0.5) is 5.69 Å². The zero-order chi connectivity index (χ0) is 21.3. The van der Waals surface area contributed by atoms with E-state index in [9.17, 15) is 9.59 Å². The van der Waals surface area contributed by atoms with E-state index in [1.165, 1.54) is 4.90 Å². The number of rotatable bonds is 10. The SMILES string of the molecule is CC[NH+](CC(=O)NCC(C)(C)[NH+]1CCOCC1)CC(=O)Nc1ccc(OC)cc1. The second-order valence-corrected chi connectivity index (χ2v) is 8.11. The Kier molecular flexibility index (Phi) is 8.88. The van der Waals surface area contributed by atoms with E-state index in [4.69, 9.17) is 9.47 Å². The first kappa shape index (κ1) is 23.1. The Labute approximate surface area is 173 Å². The second kappa shape index (κ2) is 11.1. The quantitative estimate of drug-likeness (QED) is 0.374. The van der Waals surface area contributed by atoms with Crippen molar-refractivity contribution in [1.82, 2.24) is 5.32 Å². The third-order valence-corrected chi connectivity index (χ3v) is 5.48. The molecule has 2 amide bonds.